The third-order valence-electron chi connectivity index (χ3n) is 5.04. The van der Waals surface area contributed by atoms with E-state index >= 15 is 0 Å². The Kier molecular flexibility index (Phi) is 6.36. The van der Waals surface area contributed by atoms with Crippen molar-refractivity contribution in [3.8, 4) is 0 Å². The van der Waals surface area contributed by atoms with Crippen LogP contribution >= 0.6 is 0 Å². The van der Waals surface area contributed by atoms with E-state index in [1.807, 2.05) is 13.8 Å². The highest BCUT2D eigenvalue weighted by Gasteiger charge is 2.40. The lowest BCUT2D eigenvalue weighted by Crippen LogP contribution is -2.47. The number of sulfonamides is 1. The summed E-state index contributed by atoms with van der Waals surface area (Å²) in [4.78, 5) is 26.5. The predicted octanol–water partition coefficient (Wildman–Crippen LogP) is 0.939. The first-order valence-electron chi connectivity index (χ1n) is 9.43. The van der Waals surface area contributed by atoms with E-state index in [4.69, 9.17) is 9.47 Å². The number of morpholine rings is 1. The molecule has 2 heterocycles. The molecule has 1 aromatic carbocycles. The van der Waals surface area contributed by atoms with Crippen molar-refractivity contribution in [2.24, 2.45) is 0 Å². The standard InChI is InChI=1S/C19H26N2O6S/c1-14-5-7-16(8-6-14)28(24,25)21-9-3-4-17(21)19(23)27-13-18(22)20-10-11-26-15(2)12-20/h5-8,15,17H,3-4,9-13H2,1-2H3/t15?,17-/m0/s1. The molecule has 0 bridgehead atoms. The fourth-order valence-electron chi connectivity index (χ4n) is 3.47. The molecular formula is C19H26N2O6S. The smallest absolute Gasteiger partial charge is 0.324 e. The minimum Gasteiger partial charge on any atom is -0.454 e. The molecule has 2 saturated heterocycles. The SMILES string of the molecule is Cc1ccc(S(=O)(=O)N2CCC[C@H]2C(=O)OCC(=O)N2CCOC(C)C2)cc1. The van der Waals surface area contributed by atoms with Crippen LogP contribution < -0.4 is 0 Å². The molecule has 9 heteroatoms. The second-order valence-electron chi connectivity index (χ2n) is 7.22. The first-order chi connectivity index (χ1) is 13.3. The predicted molar refractivity (Wildman–Crippen MR) is 101 cm³/mol. The zero-order valence-corrected chi connectivity index (χ0v) is 17.0. The fraction of sp³-hybridized carbons (Fsp3) is 0.579. The van der Waals surface area contributed by atoms with Crippen molar-refractivity contribution in [1.29, 1.82) is 0 Å². The van der Waals surface area contributed by atoms with E-state index < -0.39 is 22.0 Å². The van der Waals surface area contributed by atoms with Crippen molar-refractivity contribution in [1.82, 2.24) is 9.21 Å². The van der Waals surface area contributed by atoms with Crippen LogP contribution in [0.25, 0.3) is 0 Å². The van der Waals surface area contributed by atoms with E-state index in [0.29, 0.717) is 32.5 Å². The van der Waals surface area contributed by atoms with Crippen molar-refractivity contribution in [2.45, 2.75) is 43.7 Å². The number of nitrogens with zero attached hydrogens (tertiary/aromatic N) is 2. The number of hydrogen-bond donors (Lipinski definition) is 0. The summed E-state index contributed by atoms with van der Waals surface area (Å²) in [5, 5.41) is 0. The van der Waals surface area contributed by atoms with Crippen LogP contribution in [-0.4, -0.2) is 74.5 Å². The molecule has 1 aromatic rings. The normalized spacial score (nSPS) is 23.6. The van der Waals surface area contributed by atoms with Crippen molar-refractivity contribution in [3.63, 3.8) is 0 Å². The molecule has 2 atom stereocenters. The van der Waals surface area contributed by atoms with Crippen LogP contribution in [0.4, 0.5) is 0 Å². The van der Waals surface area contributed by atoms with Gasteiger partial charge in [-0.2, -0.15) is 4.31 Å². The molecule has 1 amide bonds. The van der Waals surface area contributed by atoms with Crippen molar-refractivity contribution in [3.05, 3.63) is 29.8 Å². The van der Waals surface area contributed by atoms with E-state index in [0.717, 1.165) is 5.56 Å². The van der Waals surface area contributed by atoms with Crippen LogP contribution in [0, 0.1) is 6.92 Å². The summed E-state index contributed by atoms with van der Waals surface area (Å²) in [5.41, 5.74) is 0.951. The van der Waals surface area contributed by atoms with E-state index in [2.05, 4.69) is 0 Å². The second-order valence-corrected chi connectivity index (χ2v) is 9.11. The Morgan fingerprint density at radius 3 is 2.61 bits per heavy atom. The molecule has 0 saturated carbocycles. The monoisotopic (exact) mass is 410 g/mol. The zero-order valence-electron chi connectivity index (χ0n) is 16.2. The van der Waals surface area contributed by atoms with Gasteiger partial charge in [0.25, 0.3) is 5.91 Å². The van der Waals surface area contributed by atoms with Gasteiger partial charge in [-0.1, -0.05) is 17.7 Å². The Hall–Kier alpha value is -1.97. The zero-order chi connectivity index (χ0) is 20.3. The summed E-state index contributed by atoms with van der Waals surface area (Å²) in [7, 11) is -3.80. The van der Waals surface area contributed by atoms with Gasteiger partial charge >= 0.3 is 5.97 Å². The number of rotatable bonds is 5. The average Bonchev–Trinajstić information content (AvgIpc) is 3.17. The van der Waals surface area contributed by atoms with Gasteiger partial charge in [0.05, 0.1) is 17.6 Å². The number of ether oxygens (including phenoxy) is 2. The molecule has 0 radical (unpaired) electrons. The Morgan fingerprint density at radius 1 is 1.21 bits per heavy atom. The van der Waals surface area contributed by atoms with Gasteiger partial charge in [0.15, 0.2) is 6.61 Å². The Labute approximate surface area is 165 Å². The summed E-state index contributed by atoms with van der Waals surface area (Å²) >= 11 is 0. The lowest BCUT2D eigenvalue weighted by molar-refractivity contribution is -0.157. The van der Waals surface area contributed by atoms with Crippen molar-refractivity contribution >= 4 is 21.9 Å². The molecule has 3 rings (SSSR count). The molecule has 0 aromatic heterocycles. The number of esters is 1. The van der Waals surface area contributed by atoms with E-state index in [1.54, 1.807) is 17.0 Å². The molecule has 2 fully saturated rings. The van der Waals surface area contributed by atoms with Crippen LogP contribution in [0.1, 0.15) is 25.3 Å². The molecule has 0 N–H and O–H groups in total. The van der Waals surface area contributed by atoms with E-state index in [9.17, 15) is 18.0 Å². The fourth-order valence-corrected chi connectivity index (χ4v) is 5.12. The van der Waals surface area contributed by atoms with Gasteiger partial charge in [-0.3, -0.25) is 9.59 Å². The minimum absolute atomic E-state index is 0.0571. The molecule has 0 spiro atoms. The Morgan fingerprint density at radius 2 is 1.93 bits per heavy atom. The first-order valence-corrected chi connectivity index (χ1v) is 10.9. The highest BCUT2D eigenvalue weighted by atomic mass is 32.2. The van der Waals surface area contributed by atoms with Gasteiger partial charge in [-0.05, 0) is 38.8 Å². The number of carbonyl (C=O) groups is 2. The van der Waals surface area contributed by atoms with Crippen LogP contribution in [-0.2, 0) is 29.1 Å². The molecular weight excluding hydrogens is 384 g/mol. The van der Waals surface area contributed by atoms with Gasteiger partial charge in [0, 0.05) is 19.6 Å². The van der Waals surface area contributed by atoms with Crippen LogP contribution in [0.3, 0.4) is 0 Å². The molecule has 154 valence electrons. The third kappa shape index (κ3) is 4.53. The highest BCUT2D eigenvalue weighted by molar-refractivity contribution is 7.89. The van der Waals surface area contributed by atoms with Gasteiger partial charge < -0.3 is 14.4 Å². The summed E-state index contributed by atoms with van der Waals surface area (Å²) in [6.45, 7) is 4.97. The summed E-state index contributed by atoms with van der Waals surface area (Å²) in [6.07, 6.45) is 0.894. The van der Waals surface area contributed by atoms with Crippen molar-refractivity contribution in [2.75, 3.05) is 32.8 Å². The summed E-state index contributed by atoms with van der Waals surface area (Å²) in [6, 6.07) is 5.61. The maximum absolute atomic E-state index is 12.9. The lowest BCUT2D eigenvalue weighted by Gasteiger charge is -2.31. The van der Waals surface area contributed by atoms with Crippen LogP contribution in [0.5, 0.6) is 0 Å². The topological polar surface area (TPSA) is 93.2 Å². The lowest BCUT2D eigenvalue weighted by atomic mass is 10.2. The molecule has 0 aliphatic carbocycles. The van der Waals surface area contributed by atoms with Gasteiger partial charge in [0.2, 0.25) is 10.0 Å². The molecule has 2 aliphatic rings. The average molecular weight is 410 g/mol. The number of benzene rings is 1. The maximum Gasteiger partial charge on any atom is 0.324 e. The number of carbonyl (C=O) groups excluding carboxylic acids is 2. The van der Waals surface area contributed by atoms with Gasteiger partial charge in [-0.15, -0.1) is 0 Å². The molecule has 28 heavy (non-hydrogen) atoms. The summed E-state index contributed by atoms with van der Waals surface area (Å²) < 4.78 is 37.6. The molecule has 1 unspecified atom stereocenters. The summed E-state index contributed by atoms with van der Waals surface area (Å²) in [5.74, 6) is -0.975. The van der Waals surface area contributed by atoms with E-state index in [1.165, 1.54) is 16.4 Å². The molecule has 2 aliphatic heterocycles. The van der Waals surface area contributed by atoms with E-state index in [-0.39, 0.29) is 30.1 Å². The van der Waals surface area contributed by atoms with Crippen molar-refractivity contribution < 1.29 is 27.5 Å². The second kappa shape index (κ2) is 8.59. The third-order valence-corrected chi connectivity index (χ3v) is 6.96. The minimum atomic E-state index is -3.80. The van der Waals surface area contributed by atoms with Crippen LogP contribution in [0.2, 0.25) is 0 Å². The number of amides is 1. The Balaban J connectivity index is 1.62. The largest absolute Gasteiger partial charge is 0.454 e. The quantitative estimate of drug-likeness (QED) is 0.671. The highest BCUT2D eigenvalue weighted by Crippen LogP contribution is 2.27. The first kappa shape index (κ1) is 20.8. The van der Waals surface area contributed by atoms with Gasteiger partial charge in [0.1, 0.15) is 6.04 Å². The Bertz CT molecular complexity index is 823. The van der Waals surface area contributed by atoms with Crippen LogP contribution in [0.15, 0.2) is 29.2 Å². The molecule has 8 nitrogen and oxygen atoms in total. The number of aryl methyl sites for hydroxylation is 1. The van der Waals surface area contributed by atoms with Gasteiger partial charge in [-0.25, -0.2) is 8.42 Å². The maximum atomic E-state index is 12.9. The number of hydrogen-bond acceptors (Lipinski definition) is 6.